The summed E-state index contributed by atoms with van der Waals surface area (Å²) in [6, 6.07) is 17.9. The Labute approximate surface area is 268 Å². The first-order valence-corrected chi connectivity index (χ1v) is 14.5. The van der Waals surface area contributed by atoms with Crippen LogP contribution in [-0.4, -0.2) is 63.2 Å². The maximum Gasteiger partial charge on any atom is 0.416 e. The molecule has 16 heteroatoms. The minimum absolute atomic E-state index is 0.0239. The van der Waals surface area contributed by atoms with Crippen molar-refractivity contribution in [3.05, 3.63) is 116 Å². The molecule has 2 atom stereocenters. The molecule has 0 saturated carbocycles. The second kappa shape index (κ2) is 11.9. The fourth-order valence-corrected chi connectivity index (χ4v) is 5.46. The van der Waals surface area contributed by atoms with E-state index in [1.165, 1.54) is 28.9 Å². The summed E-state index contributed by atoms with van der Waals surface area (Å²) in [5, 5.41) is 19.2. The molecule has 2 aromatic heterocycles. The normalized spacial score (nSPS) is 14.5. The topological polar surface area (TPSA) is 128 Å². The molecule has 3 heterocycles. The molecule has 1 aliphatic heterocycles. The zero-order valence-electron chi connectivity index (χ0n) is 23.7. The third-order valence-corrected chi connectivity index (χ3v) is 7.96. The van der Waals surface area contributed by atoms with Gasteiger partial charge in [-0.1, -0.05) is 47.5 Å². The zero-order valence-corrected chi connectivity index (χ0v) is 25.2. The Balaban J connectivity index is 1.43. The zero-order chi connectivity index (χ0) is 32.9. The van der Waals surface area contributed by atoms with Crippen molar-refractivity contribution in [2.24, 2.45) is 0 Å². The van der Waals surface area contributed by atoms with E-state index >= 15 is 0 Å². The summed E-state index contributed by atoms with van der Waals surface area (Å²) in [7, 11) is 0. The van der Waals surface area contributed by atoms with E-state index in [0.717, 1.165) is 9.58 Å². The molecular formula is C30H22Cl2F3N7O4. The van der Waals surface area contributed by atoms with Crippen LogP contribution in [0.3, 0.4) is 0 Å². The lowest BCUT2D eigenvalue weighted by atomic mass is 10.1. The molecule has 5 aromatic rings. The maximum absolute atomic E-state index is 13.4. The molecule has 0 fully saturated rings. The summed E-state index contributed by atoms with van der Waals surface area (Å²) in [4.78, 5) is 45.6. The maximum atomic E-state index is 13.4. The molecule has 2 unspecified atom stereocenters. The molecule has 1 N–H and O–H groups in total. The molecule has 0 radical (unpaired) electrons. The average Bonchev–Trinajstić information content (AvgIpc) is 3.65. The average molecular weight is 672 g/mol. The fraction of sp³-hybridized carbons (Fsp3) is 0.200. The van der Waals surface area contributed by atoms with Crippen LogP contribution in [0.15, 0.2) is 77.6 Å². The van der Waals surface area contributed by atoms with E-state index < -0.39 is 48.9 Å². The minimum atomic E-state index is -5.00. The molecule has 46 heavy (non-hydrogen) atoms. The number of hydrogen-bond donors (Lipinski definition) is 1. The third kappa shape index (κ3) is 5.59. The summed E-state index contributed by atoms with van der Waals surface area (Å²) < 4.78 is 42.8. The van der Waals surface area contributed by atoms with Crippen LogP contribution in [-0.2, 0) is 13.1 Å². The Morgan fingerprint density at radius 3 is 2.09 bits per heavy atom. The van der Waals surface area contributed by atoms with Gasteiger partial charge in [0, 0.05) is 10.6 Å². The van der Waals surface area contributed by atoms with Gasteiger partial charge in [0.1, 0.15) is 6.54 Å². The standard InChI is InChI=1S/C30H22Cl2F3N7O4/c1-16(41-27(44)19-6-2-3-7-20(19)28(41)45)25-36-24(37-42(25)22-9-5-4-8-21(22)32)15-40-29(46)39(14-23(43)30(33,34)35)26(38-40)17-10-12-18(31)13-11-17/h2-13,16,23,43H,14-15H2,1H3. The van der Waals surface area contributed by atoms with Crippen LogP contribution in [0.4, 0.5) is 13.2 Å². The van der Waals surface area contributed by atoms with Gasteiger partial charge < -0.3 is 5.11 Å². The van der Waals surface area contributed by atoms with E-state index in [2.05, 4.69) is 15.2 Å². The van der Waals surface area contributed by atoms with Gasteiger partial charge in [0.2, 0.25) is 0 Å². The quantitative estimate of drug-likeness (QED) is 0.232. The van der Waals surface area contributed by atoms with Gasteiger partial charge >= 0.3 is 11.9 Å². The highest BCUT2D eigenvalue weighted by Gasteiger charge is 2.41. The summed E-state index contributed by atoms with van der Waals surface area (Å²) in [6.07, 6.45) is -7.85. The monoisotopic (exact) mass is 671 g/mol. The number of rotatable bonds is 8. The number of nitrogens with zero attached hydrogens (tertiary/aromatic N) is 7. The van der Waals surface area contributed by atoms with Gasteiger partial charge in [-0.25, -0.2) is 19.1 Å². The van der Waals surface area contributed by atoms with Crippen LogP contribution in [0.2, 0.25) is 10.0 Å². The van der Waals surface area contributed by atoms with Crippen LogP contribution in [0, 0.1) is 0 Å². The molecular weight excluding hydrogens is 650 g/mol. The summed E-state index contributed by atoms with van der Waals surface area (Å²) in [6.45, 7) is 0.0402. The fourth-order valence-electron chi connectivity index (χ4n) is 5.11. The van der Waals surface area contributed by atoms with E-state index in [-0.39, 0.29) is 39.2 Å². The highest BCUT2D eigenvalue weighted by atomic mass is 35.5. The minimum Gasteiger partial charge on any atom is -0.382 e. The molecule has 0 saturated heterocycles. The van der Waals surface area contributed by atoms with Gasteiger partial charge in [0.05, 0.1) is 34.4 Å². The van der Waals surface area contributed by atoms with Crippen molar-refractivity contribution in [1.29, 1.82) is 0 Å². The lowest BCUT2D eigenvalue weighted by Gasteiger charge is -2.22. The number of imide groups is 1. The van der Waals surface area contributed by atoms with E-state index in [4.69, 9.17) is 23.2 Å². The van der Waals surface area contributed by atoms with E-state index in [9.17, 15) is 32.7 Å². The molecule has 1 aliphatic rings. The second-order valence-electron chi connectivity index (χ2n) is 10.4. The summed E-state index contributed by atoms with van der Waals surface area (Å²) >= 11 is 12.4. The number of amides is 2. The predicted octanol–water partition coefficient (Wildman–Crippen LogP) is 4.93. The lowest BCUT2D eigenvalue weighted by molar-refractivity contribution is -0.207. The number of fused-ring (bicyclic) bond motifs is 1. The number of carbonyl (C=O) groups is 2. The van der Waals surface area contributed by atoms with Crippen LogP contribution in [0.5, 0.6) is 0 Å². The van der Waals surface area contributed by atoms with Crippen LogP contribution in [0.25, 0.3) is 17.1 Å². The smallest absolute Gasteiger partial charge is 0.382 e. The van der Waals surface area contributed by atoms with Gasteiger partial charge in [0.25, 0.3) is 11.8 Å². The van der Waals surface area contributed by atoms with Crippen molar-refractivity contribution in [2.45, 2.75) is 38.3 Å². The lowest BCUT2D eigenvalue weighted by Crippen LogP contribution is -2.37. The SMILES string of the molecule is CC(c1nc(Cn2nc(-c3ccc(Cl)cc3)n(CC(O)C(F)(F)F)c2=O)nn1-c1ccccc1Cl)N1C(=O)c2ccccc2C1=O. The van der Waals surface area contributed by atoms with Crippen molar-refractivity contribution in [1.82, 2.24) is 34.0 Å². The van der Waals surface area contributed by atoms with E-state index in [1.54, 1.807) is 55.5 Å². The van der Waals surface area contributed by atoms with Gasteiger partial charge in [-0.2, -0.15) is 13.2 Å². The van der Waals surface area contributed by atoms with Crippen molar-refractivity contribution in [2.75, 3.05) is 0 Å². The van der Waals surface area contributed by atoms with Crippen molar-refractivity contribution >= 4 is 35.0 Å². The molecule has 3 aromatic carbocycles. The first-order valence-electron chi connectivity index (χ1n) is 13.7. The molecule has 6 rings (SSSR count). The molecule has 236 valence electrons. The number of hydrogen-bond acceptors (Lipinski definition) is 7. The van der Waals surface area contributed by atoms with Crippen LogP contribution < -0.4 is 5.69 Å². The second-order valence-corrected chi connectivity index (χ2v) is 11.2. The van der Waals surface area contributed by atoms with Gasteiger partial charge in [-0.3, -0.25) is 19.1 Å². The van der Waals surface area contributed by atoms with Crippen molar-refractivity contribution in [3.8, 4) is 17.1 Å². The highest BCUT2D eigenvalue weighted by Crippen LogP contribution is 2.32. The van der Waals surface area contributed by atoms with Crippen LogP contribution >= 0.6 is 23.2 Å². The molecule has 0 bridgehead atoms. The number of aliphatic hydroxyl groups is 1. The number of carbonyl (C=O) groups excluding carboxylic acids is 2. The number of para-hydroxylation sites is 1. The third-order valence-electron chi connectivity index (χ3n) is 7.39. The number of benzene rings is 3. The number of halogens is 5. The van der Waals surface area contributed by atoms with E-state index in [0.29, 0.717) is 15.3 Å². The highest BCUT2D eigenvalue weighted by molar-refractivity contribution is 6.32. The van der Waals surface area contributed by atoms with Gasteiger partial charge in [0.15, 0.2) is 23.6 Å². The number of alkyl halides is 3. The molecule has 2 amide bonds. The predicted molar refractivity (Wildman–Crippen MR) is 160 cm³/mol. The Hall–Kier alpha value is -4.79. The largest absolute Gasteiger partial charge is 0.416 e. The first kappa shape index (κ1) is 31.2. The van der Waals surface area contributed by atoms with Gasteiger partial charge in [-0.15, -0.1) is 10.2 Å². The number of aliphatic hydroxyl groups excluding tert-OH is 1. The van der Waals surface area contributed by atoms with Gasteiger partial charge in [-0.05, 0) is 55.5 Å². The van der Waals surface area contributed by atoms with Crippen LogP contribution in [0.1, 0.15) is 45.3 Å². The number of aromatic nitrogens is 6. The summed E-state index contributed by atoms with van der Waals surface area (Å²) in [5.41, 5.74) is 0.114. The van der Waals surface area contributed by atoms with Crippen molar-refractivity contribution < 1.29 is 27.9 Å². The summed E-state index contributed by atoms with van der Waals surface area (Å²) in [5.74, 6) is -1.13. The first-order chi connectivity index (χ1) is 21.8. The van der Waals surface area contributed by atoms with E-state index in [1.807, 2.05) is 0 Å². The Morgan fingerprint density at radius 1 is 0.870 bits per heavy atom. The van der Waals surface area contributed by atoms with Crippen molar-refractivity contribution in [3.63, 3.8) is 0 Å². The molecule has 11 nitrogen and oxygen atoms in total. The molecule has 0 spiro atoms. The molecule has 0 aliphatic carbocycles. The Morgan fingerprint density at radius 2 is 1.48 bits per heavy atom. The Bertz CT molecular complexity index is 2000. The Kier molecular flexibility index (Phi) is 8.04.